The van der Waals surface area contributed by atoms with Crippen LogP contribution < -0.4 is 0 Å². The van der Waals surface area contributed by atoms with E-state index in [0.29, 0.717) is 23.9 Å². The van der Waals surface area contributed by atoms with Gasteiger partial charge in [0.25, 0.3) is 0 Å². The lowest BCUT2D eigenvalue weighted by atomic mass is 9.80. The molecule has 0 aromatic rings. The molecular weight excluding hydrogens is 352 g/mol. The molecular formula is C24H42O4. The maximum Gasteiger partial charge on any atom is 0.306 e. The number of carbonyl (C=O) groups is 1. The van der Waals surface area contributed by atoms with Gasteiger partial charge in [-0.2, -0.15) is 0 Å². The highest BCUT2D eigenvalue weighted by molar-refractivity contribution is 5.69. The quantitative estimate of drug-likeness (QED) is 0.458. The number of hydrogen-bond donors (Lipinski definition) is 2. The molecule has 0 bridgehead atoms. The van der Waals surface area contributed by atoms with Crippen molar-refractivity contribution in [3.05, 3.63) is 12.2 Å². The lowest BCUT2D eigenvalue weighted by Gasteiger charge is -2.29. The molecule has 2 aliphatic rings. The molecule has 28 heavy (non-hydrogen) atoms. The van der Waals surface area contributed by atoms with E-state index < -0.39 is 12.1 Å². The third kappa shape index (κ3) is 6.06. The summed E-state index contributed by atoms with van der Waals surface area (Å²) in [5.41, 5.74) is -0.0801. The van der Waals surface area contributed by atoms with Crippen molar-refractivity contribution in [2.45, 2.75) is 104 Å². The van der Waals surface area contributed by atoms with Gasteiger partial charge < -0.3 is 14.9 Å². The highest BCUT2D eigenvalue weighted by Gasteiger charge is 2.46. The Morgan fingerprint density at radius 2 is 2.00 bits per heavy atom. The summed E-state index contributed by atoms with van der Waals surface area (Å²) in [7, 11) is 0. The maximum atomic E-state index is 11.0. The van der Waals surface area contributed by atoms with Gasteiger partial charge in [-0.3, -0.25) is 4.79 Å². The first-order valence-corrected chi connectivity index (χ1v) is 11.4. The highest BCUT2D eigenvalue weighted by atomic mass is 16.5. The van der Waals surface area contributed by atoms with Crippen LogP contribution in [-0.4, -0.2) is 34.5 Å². The van der Waals surface area contributed by atoms with Crippen LogP contribution in [0.1, 0.15) is 86.0 Å². The minimum Gasteiger partial charge on any atom is -0.481 e. The van der Waals surface area contributed by atoms with Gasteiger partial charge >= 0.3 is 5.97 Å². The Bertz CT molecular complexity index is 527. The van der Waals surface area contributed by atoms with Crippen molar-refractivity contribution in [3.8, 4) is 0 Å². The van der Waals surface area contributed by atoms with Gasteiger partial charge in [0.2, 0.25) is 0 Å². The number of aliphatic hydroxyl groups is 1. The van der Waals surface area contributed by atoms with Crippen molar-refractivity contribution in [3.63, 3.8) is 0 Å². The van der Waals surface area contributed by atoms with Gasteiger partial charge in [0.1, 0.15) is 0 Å². The first-order valence-electron chi connectivity index (χ1n) is 11.4. The molecule has 2 fully saturated rings. The number of allylic oxidation sites excluding steroid dienone is 1. The molecule has 0 aromatic heterocycles. The third-order valence-corrected chi connectivity index (χ3v) is 7.21. The molecule has 162 valence electrons. The van der Waals surface area contributed by atoms with E-state index in [-0.39, 0.29) is 17.4 Å². The summed E-state index contributed by atoms with van der Waals surface area (Å²) in [4.78, 5) is 11.0. The zero-order chi connectivity index (χ0) is 20.9. The van der Waals surface area contributed by atoms with Crippen LogP contribution in [-0.2, 0) is 9.53 Å². The Labute approximate surface area is 171 Å². The summed E-state index contributed by atoms with van der Waals surface area (Å²) in [6.07, 6.45) is 12.6. The van der Waals surface area contributed by atoms with Crippen LogP contribution in [0.25, 0.3) is 0 Å². The molecule has 1 aliphatic heterocycles. The fourth-order valence-corrected chi connectivity index (χ4v) is 5.01. The molecule has 4 heteroatoms. The lowest BCUT2D eigenvalue weighted by Crippen LogP contribution is -2.28. The number of hydrogen-bond acceptors (Lipinski definition) is 3. The average molecular weight is 395 g/mol. The zero-order valence-electron chi connectivity index (χ0n) is 18.6. The summed E-state index contributed by atoms with van der Waals surface area (Å²) in [6, 6.07) is 0. The van der Waals surface area contributed by atoms with Crippen LogP contribution in [0.3, 0.4) is 0 Å². The number of ether oxygens (including phenoxy) is 1. The van der Waals surface area contributed by atoms with Crippen LogP contribution in [0.5, 0.6) is 0 Å². The van der Waals surface area contributed by atoms with Crippen molar-refractivity contribution >= 4 is 5.97 Å². The molecule has 1 unspecified atom stereocenters. The summed E-state index contributed by atoms with van der Waals surface area (Å²) in [5.74, 6) is 0.631. The highest BCUT2D eigenvalue weighted by Crippen LogP contribution is 2.48. The van der Waals surface area contributed by atoms with E-state index in [2.05, 4.69) is 33.8 Å². The number of aliphatic carboxylic acids is 1. The zero-order valence-corrected chi connectivity index (χ0v) is 18.6. The lowest BCUT2D eigenvalue weighted by molar-refractivity contribution is -0.141. The molecule has 1 saturated heterocycles. The summed E-state index contributed by atoms with van der Waals surface area (Å²) in [6.45, 7) is 10.6. The van der Waals surface area contributed by atoms with Gasteiger partial charge in [-0.05, 0) is 55.3 Å². The second-order valence-electron chi connectivity index (χ2n) is 10.1. The minimum atomic E-state index is -0.705. The predicted octanol–water partition coefficient (Wildman–Crippen LogP) is 5.44. The van der Waals surface area contributed by atoms with Crippen molar-refractivity contribution < 1.29 is 19.7 Å². The van der Waals surface area contributed by atoms with Gasteiger partial charge in [0.05, 0.1) is 24.2 Å². The standard InChI is InChI=1S/C24H42O4/c1-6-7-13-24(4,5)22(25)12-11-19-17(3)14-21-20(19)15-18(28-21)10-8-9-16(2)23(26)27/h11-12,16-22,25H,6-10,13-15H2,1-5H3,(H,26,27)/b12-11+/t16?,17-,18+,19-,20-,21+,22-/m1/s1. The van der Waals surface area contributed by atoms with Gasteiger partial charge in [-0.25, -0.2) is 0 Å². The van der Waals surface area contributed by atoms with E-state index >= 15 is 0 Å². The van der Waals surface area contributed by atoms with Gasteiger partial charge in [-0.1, -0.05) is 66.0 Å². The second-order valence-corrected chi connectivity index (χ2v) is 10.1. The maximum absolute atomic E-state index is 11.0. The van der Waals surface area contributed by atoms with Crippen molar-refractivity contribution in [1.29, 1.82) is 0 Å². The minimum absolute atomic E-state index is 0.0801. The van der Waals surface area contributed by atoms with Gasteiger partial charge in [0.15, 0.2) is 0 Å². The molecule has 0 spiro atoms. The Hall–Kier alpha value is -0.870. The molecule has 1 saturated carbocycles. The topological polar surface area (TPSA) is 66.8 Å². The summed E-state index contributed by atoms with van der Waals surface area (Å²) in [5, 5.41) is 19.7. The van der Waals surface area contributed by atoms with E-state index in [1.165, 1.54) is 0 Å². The van der Waals surface area contributed by atoms with E-state index in [1.54, 1.807) is 6.92 Å². The van der Waals surface area contributed by atoms with Crippen LogP contribution in [0.15, 0.2) is 12.2 Å². The fourth-order valence-electron chi connectivity index (χ4n) is 5.01. The molecule has 0 amide bonds. The first-order chi connectivity index (χ1) is 13.2. The Kier molecular flexibility index (Phi) is 8.57. The molecule has 2 N–H and O–H groups in total. The van der Waals surface area contributed by atoms with Crippen LogP contribution in [0.4, 0.5) is 0 Å². The fraction of sp³-hybridized carbons (Fsp3) is 0.875. The number of carboxylic acid groups (broad SMARTS) is 1. The van der Waals surface area contributed by atoms with Crippen LogP contribution in [0, 0.1) is 29.1 Å². The van der Waals surface area contributed by atoms with E-state index in [9.17, 15) is 9.90 Å². The number of fused-ring (bicyclic) bond motifs is 1. The van der Waals surface area contributed by atoms with Crippen molar-refractivity contribution in [2.75, 3.05) is 0 Å². The average Bonchev–Trinajstić information content (AvgIpc) is 3.14. The molecule has 0 radical (unpaired) electrons. The molecule has 7 atom stereocenters. The molecule has 1 heterocycles. The van der Waals surface area contributed by atoms with E-state index in [1.807, 2.05) is 6.08 Å². The Balaban J connectivity index is 1.86. The Morgan fingerprint density at radius 1 is 1.29 bits per heavy atom. The van der Waals surface area contributed by atoms with E-state index in [4.69, 9.17) is 9.84 Å². The van der Waals surface area contributed by atoms with Gasteiger partial charge in [-0.15, -0.1) is 0 Å². The third-order valence-electron chi connectivity index (χ3n) is 7.21. The molecule has 4 nitrogen and oxygen atoms in total. The molecule has 1 aliphatic carbocycles. The number of unbranched alkanes of at least 4 members (excludes halogenated alkanes) is 1. The smallest absolute Gasteiger partial charge is 0.306 e. The molecule has 0 aromatic carbocycles. The first kappa shape index (κ1) is 23.4. The largest absolute Gasteiger partial charge is 0.481 e. The second kappa shape index (κ2) is 10.2. The summed E-state index contributed by atoms with van der Waals surface area (Å²) < 4.78 is 6.31. The number of rotatable bonds is 11. The predicted molar refractivity (Wildman–Crippen MR) is 113 cm³/mol. The van der Waals surface area contributed by atoms with Crippen LogP contribution in [0.2, 0.25) is 0 Å². The van der Waals surface area contributed by atoms with Crippen LogP contribution >= 0.6 is 0 Å². The number of carboxylic acids is 1. The molecule has 2 rings (SSSR count). The Morgan fingerprint density at radius 3 is 2.64 bits per heavy atom. The van der Waals surface area contributed by atoms with E-state index in [0.717, 1.165) is 51.4 Å². The van der Waals surface area contributed by atoms with Crippen molar-refractivity contribution in [1.82, 2.24) is 0 Å². The SMILES string of the molecule is CCCCC(C)(C)[C@H](O)/C=C/[C@H]1[C@H]2C[C@H](CCCC(C)C(=O)O)O[C@H]2C[C@H]1C. The monoisotopic (exact) mass is 394 g/mol. The number of aliphatic hydroxyl groups excluding tert-OH is 1. The van der Waals surface area contributed by atoms with Gasteiger partial charge in [0, 0.05) is 0 Å². The normalized spacial score (nSPS) is 32.6. The van der Waals surface area contributed by atoms with Crippen molar-refractivity contribution in [2.24, 2.45) is 29.1 Å². The summed E-state index contributed by atoms with van der Waals surface area (Å²) >= 11 is 0.